The summed E-state index contributed by atoms with van der Waals surface area (Å²) in [5.74, 6) is -0.217. The topological polar surface area (TPSA) is 56.7 Å². The van der Waals surface area contributed by atoms with Gasteiger partial charge in [-0.15, -0.1) is 0 Å². The molecule has 2 N–H and O–H groups in total. The second-order valence-electron chi connectivity index (χ2n) is 6.01. The number of benzene rings is 2. The van der Waals surface area contributed by atoms with Crippen LogP contribution < -0.4 is 15.6 Å². The first-order valence-electron chi connectivity index (χ1n) is 8.81. The van der Waals surface area contributed by atoms with Crippen molar-refractivity contribution in [2.75, 3.05) is 29.9 Å². The van der Waals surface area contributed by atoms with Crippen molar-refractivity contribution in [2.45, 2.75) is 20.8 Å². The summed E-state index contributed by atoms with van der Waals surface area (Å²) >= 11 is 7.00. The maximum atomic E-state index is 12.0. The van der Waals surface area contributed by atoms with E-state index >= 15 is 0 Å². The molecule has 0 atom stereocenters. The van der Waals surface area contributed by atoms with Crippen molar-refractivity contribution in [1.29, 1.82) is 0 Å². The van der Waals surface area contributed by atoms with Crippen LogP contribution in [0.2, 0.25) is 0 Å². The molecule has 5 nitrogen and oxygen atoms in total. The lowest BCUT2D eigenvalue weighted by atomic mass is 10.2. The standard InChI is InChI=1S/C20H24Br2N4O/c1-4-26(5-2)16-8-6-15(7-9-16)12-24-25-19(27)13-23-20-17(21)10-14(3)11-18(20)22/h6-12,23H,4-5,13H2,1-3H3,(H,25,27)/b24-12-. The van der Waals surface area contributed by atoms with Crippen LogP contribution in [0, 0.1) is 6.92 Å². The summed E-state index contributed by atoms with van der Waals surface area (Å²) in [4.78, 5) is 14.3. The van der Waals surface area contributed by atoms with Gasteiger partial charge < -0.3 is 10.2 Å². The third kappa shape index (κ3) is 6.36. The maximum Gasteiger partial charge on any atom is 0.259 e. The molecule has 0 aliphatic heterocycles. The first-order chi connectivity index (χ1) is 12.9. The number of hydrazone groups is 1. The summed E-state index contributed by atoms with van der Waals surface area (Å²) in [6, 6.07) is 12.1. The van der Waals surface area contributed by atoms with Crippen LogP contribution in [0.3, 0.4) is 0 Å². The lowest BCUT2D eigenvalue weighted by Crippen LogP contribution is -2.26. The van der Waals surface area contributed by atoms with Gasteiger partial charge in [0.15, 0.2) is 0 Å². The number of amides is 1. The Morgan fingerprint density at radius 3 is 2.26 bits per heavy atom. The minimum absolute atomic E-state index is 0.124. The van der Waals surface area contributed by atoms with Gasteiger partial charge in [-0.3, -0.25) is 4.79 Å². The van der Waals surface area contributed by atoms with Crippen molar-refractivity contribution in [2.24, 2.45) is 5.10 Å². The summed E-state index contributed by atoms with van der Waals surface area (Å²) < 4.78 is 1.80. The molecule has 2 aromatic carbocycles. The molecule has 0 radical (unpaired) electrons. The zero-order valence-corrected chi connectivity index (χ0v) is 18.9. The molecule has 27 heavy (non-hydrogen) atoms. The Labute approximate surface area is 177 Å². The van der Waals surface area contributed by atoms with E-state index in [0.717, 1.165) is 38.8 Å². The van der Waals surface area contributed by atoms with Crippen molar-refractivity contribution in [3.63, 3.8) is 0 Å². The van der Waals surface area contributed by atoms with E-state index < -0.39 is 0 Å². The largest absolute Gasteiger partial charge is 0.374 e. The predicted molar refractivity (Wildman–Crippen MR) is 121 cm³/mol. The summed E-state index contributed by atoms with van der Waals surface area (Å²) in [5, 5.41) is 7.13. The van der Waals surface area contributed by atoms with E-state index in [1.165, 1.54) is 5.69 Å². The highest BCUT2D eigenvalue weighted by molar-refractivity contribution is 9.11. The first kappa shape index (κ1) is 21.4. The van der Waals surface area contributed by atoms with E-state index in [-0.39, 0.29) is 12.5 Å². The van der Waals surface area contributed by atoms with Gasteiger partial charge in [0, 0.05) is 27.7 Å². The molecule has 0 saturated carbocycles. The van der Waals surface area contributed by atoms with Gasteiger partial charge in [-0.1, -0.05) is 12.1 Å². The van der Waals surface area contributed by atoms with E-state index in [1.54, 1.807) is 6.21 Å². The molecule has 0 bridgehead atoms. The van der Waals surface area contributed by atoms with E-state index in [2.05, 4.69) is 78.6 Å². The molecule has 144 valence electrons. The number of carbonyl (C=O) groups excluding carboxylic acids is 1. The molecule has 0 fully saturated rings. The molecule has 7 heteroatoms. The molecule has 2 rings (SSSR count). The number of anilines is 2. The Morgan fingerprint density at radius 1 is 1.11 bits per heavy atom. The molecule has 1 amide bonds. The first-order valence-corrected chi connectivity index (χ1v) is 10.4. The van der Waals surface area contributed by atoms with Gasteiger partial charge >= 0.3 is 0 Å². The fraction of sp³-hybridized carbons (Fsp3) is 0.300. The van der Waals surface area contributed by atoms with Crippen molar-refractivity contribution in [1.82, 2.24) is 5.43 Å². The minimum Gasteiger partial charge on any atom is -0.374 e. The Morgan fingerprint density at radius 2 is 1.70 bits per heavy atom. The van der Waals surface area contributed by atoms with Gasteiger partial charge in [0.2, 0.25) is 0 Å². The second-order valence-corrected chi connectivity index (χ2v) is 7.72. The fourth-order valence-electron chi connectivity index (χ4n) is 2.62. The van der Waals surface area contributed by atoms with E-state index in [9.17, 15) is 4.79 Å². The van der Waals surface area contributed by atoms with Crippen molar-refractivity contribution >= 4 is 55.4 Å². The van der Waals surface area contributed by atoms with Crippen LogP contribution in [0.5, 0.6) is 0 Å². The lowest BCUT2D eigenvalue weighted by Gasteiger charge is -2.20. The van der Waals surface area contributed by atoms with Gasteiger partial charge in [-0.25, -0.2) is 5.43 Å². The lowest BCUT2D eigenvalue weighted by molar-refractivity contribution is -0.119. The molecule has 0 aliphatic carbocycles. The maximum absolute atomic E-state index is 12.0. The van der Waals surface area contributed by atoms with Crippen LogP contribution in [0.4, 0.5) is 11.4 Å². The Kier molecular flexibility index (Phi) is 8.31. The molecule has 0 aliphatic rings. The highest BCUT2D eigenvalue weighted by atomic mass is 79.9. The summed E-state index contributed by atoms with van der Waals surface area (Å²) in [5.41, 5.74) is 6.62. The Balaban J connectivity index is 1.86. The number of aryl methyl sites for hydroxylation is 1. The fourth-order valence-corrected chi connectivity index (χ4v) is 4.31. The molecule has 0 unspecified atom stereocenters. The normalized spacial score (nSPS) is 10.9. The average molecular weight is 496 g/mol. The van der Waals surface area contributed by atoms with E-state index in [4.69, 9.17) is 0 Å². The molecular weight excluding hydrogens is 472 g/mol. The quantitative estimate of drug-likeness (QED) is 0.403. The number of carbonyl (C=O) groups is 1. The van der Waals surface area contributed by atoms with Crippen LogP contribution in [0.15, 0.2) is 50.4 Å². The minimum atomic E-state index is -0.217. The zero-order chi connectivity index (χ0) is 19.8. The van der Waals surface area contributed by atoms with E-state index in [0.29, 0.717) is 0 Å². The predicted octanol–water partition coefficient (Wildman–Crippen LogP) is 4.93. The van der Waals surface area contributed by atoms with E-state index in [1.807, 2.05) is 31.2 Å². The van der Waals surface area contributed by atoms with Gasteiger partial charge in [0.1, 0.15) is 0 Å². The summed E-state index contributed by atoms with van der Waals surface area (Å²) in [7, 11) is 0. The smallest absolute Gasteiger partial charge is 0.259 e. The van der Waals surface area contributed by atoms with Crippen LogP contribution in [-0.4, -0.2) is 31.8 Å². The second kappa shape index (κ2) is 10.5. The number of rotatable bonds is 8. The number of halogens is 2. The van der Waals surface area contributed by atoms with Crippen molar-refractivity contribution < 1.29 is 4.79 Å². The monoisotopic (exact) mass is 494 g/mol. The van der Waals surface area contributed by atoms with Crippen LogP contribution >= 0.6 is 31.9 Å². The molecule has 0 aromatic heterocycles. The number of nitrogens with zero attached hydrogens (tertiary/aromatic N) is 2. The summed E-state index contributed by atoms with van der Waals surface area (Å²) in [6.07, 6.45) is 1.64. The zero-order valence-electron chi connectivity index (χ0n) is 15.7. The molecule has 2 aromatic rings. The SMILES string of the molecule is CCN(CC)c1ccc(/C=N\NC(=O)CNc2c(Br)cc(C)cc2Br)cc1. The van der Waals surface area contributed by atoms with Crippen molar-refractivity contribution in [3.8, 4) is 0 Å². The van der Waals surface area contributed by atoms with Crippen LogP contribution in [0.25, 0.3) is 0 Å². The molecule has 0 spiro atoms. The summed E-state index contributed by atoms with van der Waals surface area (Å²) in [6.45, 7) is 8.35. The molecule has 0 saturated heterocycles. The van der Waals surface area contributed by atoms with Gasteiger partial charge in [-0.2, -0.15) is 5.10 Å². The third-order valence-electron chi connectivity index (χ3n) is 4.04. The van der Waals surface area contributed by atoms with Gasteiger partial charge in [0.05, 0.1) is 18.4 Å². The number of nitrogens with one attached hydrogen (secondary N) is 2. The van der Waals surface area contributed by atoms with Crippen LogP contribution in [0.1, 0.15) is 25.0 Å². The highest BCUT2D eigenvalue weighted by Gasteiger charge is 2.08. The number of hydrogen-bond acceptors (Lipinski definition) is 4. The molecule has 0 heterocycles. The third-order valence-corrected chi connectivity index (χ3v) is 5.29. The average Bonchev–Trinajstić information content (AvgIpc) is 2.63. The van der Waals surface area contributed by atoms with Gasteiger partial charge in [-0.05, 0) is 88.0 Å². The Bertz CT molecular complexity index is 779. The highest BCUT2D eigenvalue weighted by Crippen LogP contribution is 2.32. The number of hydrogen-bond donors (Lipinski definition) is 2. The van der Waals surface area contributed by atoms with Crippen LogP contribution in [-0.2, 0) is 4.79 Å². The molecular formula is C20H24Br2N4O. The van der Waals surface area contributed by atoms with Gasteiger partial charge in [0.25, 0.3) is 5.91 Å². The Hall–Kier alpha value is -1.86. The van der Waals surface area contributed by atoms with Crippen molar-refractivity contribution in [3.05, 3.63) is 56.5 Å².